The van der Waals surface area contributed by atoms with Gasteiger partial charge in [0.15, 0.2) is 11.5 Å². The van der Waals surface area contributed by atoms with Crippen molar-refractivity contribution in [3.63, 3.8) is 0 Å². The summed E-state index contributed by atoms with van der Waals surface area (Å²) in [4.78, 5) is 27.3. The van der Waals surface area contributed by atoms with Crippen molar-refractivity contribution in [3.05, 3.63) is 47.5 Å². The minimum absolute atomic E-state index is 0.0313. The number of hydrogen-bond acceptors (Lipinski definition) is 6. The molecule has 0 bridgehead atoms. The van der Waals surface area contributed by atoms with E-state index < -0.39 is 12.0 Å². The molecule has 0 radical (unpaired) electrons. The Kier molecular flexibility index (Phi) is 8.40. The van der Waals surface area contributed by atoms with E-state index in [2.05, 4.69) is 5.32 Å². The third-order valence-corrected chi connectivity index (χ3v) is 5.44. The molecule has 0 aromatic heterocycles. The number of methoxy groups -OCH3 is 1. The third kappa shape index (κ3) is 5.69. The molecule has 178 valence electrons. The van der Waals surface area contributed by atoms with Crippen molar-refractivity contribution in [3.8, 4) is 17.2 Å². The number of nitrogens with one attached hydrogen (secondary N) is 1. The molecule has 0 spiro atoms. The lowest BCUT2D eigenvalue weighted by molar-refractivity contribution is -0.141. The number of amides is 2. The van der Waals surface area contributed by atoms with E-state index in [4.69, 9.17) is 18.9 Å². The summed E-state index contributed by atoms with van der Waals surface area (Å²) in [6.07, 6.45) is 0.656. The van der Waals surface area contributed by atoms with Gasteiger partial charge in [0.1, 0.15) is 5.75 Å². The maximum Gasteiger partial charge on any atom is 0.322 e. The second kappa shape index (κ2) is 11.4. The first-order valence-electron chi connectivity index (χ1n) is 11.3. The predicted molar refractivity (Wildman–Crippen MR) is 125 cm³/mol. The Morgan fingerprint density at radius 2 is 1.61 bits per heavy atom. The van der Waals surface area contributed by atoms with Gasteiger partial charge in [-0.2, -0.15) is 0 Å². The van der Waals surface area contributed by atoms with Gasteiger partial charge in [-0.1, -0.05) is 12.1 Å². The quantitative estimate of drug-likeness (QED) is 0.556. The van der Waals surface area contributed by atoms with Gasteiger partial charge in [0.2, 0.25) is 0 Å². The maximum absolute atomic E-state index is 13.3. The summed E-state index contributed by atoms with van der Waals surface area (Å²) < 4.78 is 22.1. The summed E-state index contributed by atoms with van der Waals surface area (Å²) in [7, 11) is 1.35. The average molecular weight is 457 g/mol. The summed E-state index contributed by atoms with van der Waals surface area (Å²) in [6.45, 7) is 7.61. The van der Waals surface area contributed by atoms with Crippen LogP contribution in [-0.2, 0) is 16.0 Å². The molecular formula is C25H32N2O6. The molecular weight excluding hydrogens is 424 g/mol. The molecule has 0 saturated carbocycles. The third-order valence-electron chi connectivity index (χ3n) is 5.44. The number of fused-ring (bicyclic) bond motifs is 1. The molecule has 1 aliphatic rings. The van der Waals surface area contributed by atoms with E-state index in [-0.39, 0.29) is 12.5 Å². The number of carbonyl (C=O) groups excluding carboxylic acids is 2. The Bertz CT molecular complexity index is 977. The molecule has 2 amide bonds. The molecule has 2 aromatic carbocycles. The Morgan fingerprint density at radius 3 is 2.27 bits per heavy atom. The van der Waals surface area contributed by atoms with Crippen molar-refractivity contribution in [2.45, 2.75) is 39.7 Å². The number of rotatable bonds is 9. The number of benzene rings is 2. The number of para-hydroxylation sites is 2. The molecule has 0 aliphatic carbocycles. The molecule has 1 aliphatic heterocycles. The summed E-state index contributed by atoms with van der Waals surface area (Å²) in [5.74, 6) is 1.46. The van der Waals surface area contributed by atoms with E-state index in [0.717, 1.165) is 11.1 Å². The number of nitrogens with zero attached hydrogens (tertiary/aromatic N) is 1. The van der Waals surface area contributed by atoms with Crippen molar-refractivity contribution in [2.24, 2.45) is 0 Å². The van der Waals surface area contributed by atoms with Crippen LogP contribution in [-0.4, -0.2) is 50.4 Å². The summed E-state index contributed by atoms with van der Waals surface area (Å²) in [6, 6.07) is 10.3. The first-order valence-corrected chi connectivity index (χ1v) is 11.3. The molecule has 1 heterocycles. The molecule has 1 unspecified atom stereocenters. The van der Waals surface area contributed by atoms with Crippen LogP contribution in [0.25, 0.3) is 0 Å². The number of esters is 1. The maximum atomic E-state index is 13.3. The van der Waals surface area contributed by atoms with Crippen LogP contribution in [0.4, 0.5) is 10.5 Å². The SMILES string of the molecule is CCOc1ccccc1NC(=O)N1CCc2cc(OCC)c(OCC)cc2C1CC(=O)OC. The molecule has 1 atom stereocenters. The van der Waals surface area contributed by atoms with Gasteiger partial charge in [-0.05, 0) is 62.6 Å². The van der Waals surface area contributed by atoms with Crippen LogP contribution < -0.4 is 19.5 Å². The van der Waals surface area contributed by atoms with Crippen LogP contribution in [0.2, 0.25) is 0 Å². The number of carbonyl (C=O) groups is 2. The molecule has 8 heteroatoms. The van der Waals surface area contributed by atoms with Crippen molar-refractivity contribution < 1.29 is 28.5 Å². The summed E-state index contributed by atoms with van der Waals surface area (Å²) in [5.41, 5.74) is 2.45. The number of hydrogen-bond donors (Lipinski definition) is 1. The van der Waals surface area contributed by atoms with Crippen molar-refractivity contribution in [2.75, 3.05) is 38.8 Å². The highest BCUT2D eigenvalue weighted by atomic mass is 16.5. The van der Waals surface area contributed by atoms with Crippen molar-refractivity contribution >= 4 is 17.7 Å². The molecule has 2 aromatic rings. The van der Waals surface area contributed by atoms with E-state index >= 15 is 0 Å². The monoisotopic (exact) mass is 456 g/mol. The fourth-order valence-corrected chi connectivity index (χ4v) is 3.99. The first kappa shape index (κ1) is 24.2. The average Bonchev–Trinajstić information content (AvgIpc) is 2.81. The van der Waals surface area contributed by atoms with Crippen LogP contribution in [0.5, 0.6) is 17.2 Å². The van der Waals surface area contributed by atoms with Crippen LogP contribution in [0.15, 0.2) is 36.4 Å². The molecule has 0 saturated heterocycles. The topological polar surface area (TPSA) is 86.3 Å². The number of anilines is 1. The van der Waals surface area contributed by atoms with Gasteiger partial charge in [0.25, 0.3) is 0 Å². The minimum atomic E-state index is -0.504. The largest absolute Gasteiger partial charge is 0.492 e. The number of ether oxygens (including phenoxy) is 4. The van der Waals surface area contributed by atoms with Gasteiger partial charge >= 0.3 is 12.0 Å². The Balaban J connectivity index is 1.95. The van der Waals surface area contributed by atoms with Gasteiger partial charge in [-0.25, -0.2) is 4.79 Å². The predicted octanol–water partition coefficient (Wildman–Crippen LogP) is 4.58. The fourth-order valence-electron chi connectivity index (χ4n) is 3.99. The lowest BCUT2D eigenvalue weighted by Crippen LogP contribution is -2.43. The highest BCUT2D eigenvalue weighted by Crippen LogP contribution is 2.40. The Morgan fingerprint density at radius 1 is 0.970 bits per heavy atom. The van der Waals surface area contributed by atoms with Crippen molar-refractivity contribution in [1.82, 2.24) is 4.90 Å². The Hall–Kier alpha value is -3.42. The van der Waals surface area contributed by atoms with E-state index in [1.54, 1.807) is 17.0 Å². The highest BCUT2D eigenvalue weighted by molar-refractivity contribution is 5.92. The number of urea groups is 1. The van der Waals surface area contributed by atoms with E-state index in [1.165, 1.54) is 7.11 Å². The zero-order chi connectivity index (χ0) is 23.8. The van der Waals surface area contributed by atoms with E-state index in [1.807, 2.05) is 45.0 Å². The summed E-state index contributed by atoms with van der Waals surface area (Å²) in [5, 5.41) is 2.94. The van der Waals surface area contributed by atoms with Gasteiger partial charge in [-0.3, -0.25) is 4.79 Å². The van der Waals surface area contributed by atoms with Gasteiger partial charge in [-0.15, -0.1) is 0 Å². The van der Waals surface area contributed by atoms with Gasteiger partial charge < -0.3 is 29.2 Å². The second-order valence-electron chi connectivity index (χ2n) is 7.46. The van der Waals surface area contributed by atoms with E-state index in [9.17, 15) is 9.59 Å². The fraction of sp³-hybridized carbons (Fsp3) is 0.440. The molecule has 8 nitrogen and oxygen atoms in total. The first-order chi connectivity index (χ1) is 16.0. The van der Waals surface area contributed by atoms with Gasteiger partial charge in [0, 0.05) is 6.54 Å². The van der Waals surface area contributed by atoms with Crippen LogP contribution in [0, 0.1) is 0 Å². The van der Waals surface area contributed by atoms with Crippen LogP contribution in [0.3, 0.4) is 0 Å². The standard InChI is InChI=1S/C25H32N2O6/c1-5-31-21-11-9-8-10-19(21)26-25(29)27-13-12-17-14-22(32-6-2)23(33-7-3)15-18(17)20(27)16-24(28)30-4/h8-11,14-15,20H,5-7,12-13,16H2,1-4H3,(H,26,29). The highest BCUT2D eigenvalue weighted by Gasteiger charge is 2.34. The van der Waals surface area contributed by atoms with E-state index in [0.29, 0.717) is 55.7 Å². The minimum Gasteiger partial charge on any atom is -0.492 e. The molecule has 3 rings (SSSR count). The smallest absolute Gasteiger partial charge is 0.322 e. The zero-order valence-corrected chi connectivity index (χ0v) is 19.7. The van der Waals surface area contributed by atoms with Crippen molar-refractivity contribution in [1.29, 1.82) is 0 Å². The molecule has 33 heavy (non-hydrogen) atoms. The molecule has 1 N–H and O–H groups in total. The van der Waals surface area contributed by atoms with Crippen LogP contribution in [0.1, 0.15) is 44.4 Å². The lowest BCUT2D eigenvalue weighted by atomic mass is 9.90. The van der Waals surface area contributed by atoms with Crippen LogP contribution >= 0.6 is 0 Å². The second-order valence-corrected chi connectivity index (χ2v) is 7.46. The normalized spacial score (nSPS) is 14.8. The summed E-state index contributed by atoms with van der Waals surface area (Å²) >= 11 is 0. The lowest BCUT2D eigenvalue weighted by Gasteiger charge is -2.37. The zero-order valence-electron chi connectivity index (χ0n) is 19.7. The molecule has 0 fully saturated rings. The van der Waals surface area contributed by atoms with Gasteiger partial charge in [0.05, 0.1) is 45.1 Å². The Labute approximate surface area is 194 Å².